The van der Waals surface area contributed by atoms with E-state index >= 15 is 0 Å². The molecule has 0 bridgehead atoms. The minimum atomic E-state index is -1.48. The van der Waals surface area contributed by atoms with Gasteiger partial charge in [-0.05, 0) is 49.3 Å². The van der Waals surface area contributed by atoms with Crippen LogP contribution in [0.5, 0.6) is 0 Å². The van der Waals surface area contributed by atoms with Gasteiger partial charge in [-0.3, -0.25) is 48.1 Å². The number of nitrogens with zero attached hydrogens (tertiary/aromatic N) is 2. The zero-order chi connectivity index (χ0) is 52.2. The number of guanidine groups is 1. The highest BCUT2D eigenvalue weighted by Gasteiger charge is 2.35. The van der Waals surface area contributed by atoms with Gasteiger partial charge >= 0.3 is 0 Å². The summed E-state index contributed by atoms with van der Waals surface area (Å²) in [7, 11) is 0. The summed E-state index contributed by atoms with van der Waals surface area (Å²) in [4.78, 5) is 138. The van der Waals surface area contributed by atoms with E-state index in [2.05, 4.69) is 62.5 Å². The van der Waals surface area contributed by atoms with E-state index in [1.54, 1.807) is 36.5 Å². The second-order valence-corrected chi connectivity index (χ2v) is 17.4. The number of aromatic nitrogens is 3. The highest BCUT2D eigenvalue weighted by atomic mass is 16.2. The molecule has 0 saturated carbocycles. The minimum absolute atomic E-state index is 0.0171. The molecule has 2 aromatic carbocycles. The number of primary amides is 1. The summed E-state index contributed by atoms with van der Waals surface area (Å²) < 4.78 is 0. The van der Waals surface area contributed by atoms with Gasteiger partial charge in [0.15, 0.2) is 5.96 Å². The van der Waals surface area contributed by atoms with Crippen molar-refractivity contribution in [2.45, 2.75) is 120 Å². The van der Waals surface area contributed by atoms with Gasteiger partial charge in [-0.2, -0.15) is 0 Å². The van der Waals surface area contributed by atoms with E-state index in [1.165, 1.54) is 19.4 Å². The lowest BCUT2D eigenvalue weighted by Crippen LogP contribution is -2.59. The number of aromatic amines is 2. The maximum absolute atomic E-state index is 14.6. The van der Waals surface area contributed by atoms with E-state index in [4.69, 9.17) is 17.2 Å². The minimum Gasteiger partial charge on any atom is -0.370 e. The summed E-state index contributed by atoms with van der Waals surface area (Å²) in [5.74, 6) is -7.15. The van der Waals surface area contributed by atoms with E-state index in [9.17, 15) is 43.2 Å². The fourth-order valence-corrected chi connectivity index (χ4v) is 8.05. The number of carbonyl (C=O) groups excluding carboxylic acids is 9. The highest BCUT2D eigenvalue weighted by molar-refractivity contribution is 5.98. The summed E-state index contributed by atoms with van der Waals surface area (Å²) >= 11 is 0. The Balaban J connectivity index is 1.52. The number of benzene rings is 2. The first-order chi connectivity index (χ1) is 34.5. The Morgan fingerprint density at radius 1 is 0.806 bits per heavy atom. The molecule has 1 saturated heterocycles. The smallest absolute Gasteiger partial charge is 0.247 e. The average molecular weight is 996 g/mol. The number of hydrogen-bond donors (Lipinski definition) is 13. The Bertz CT molecular complexity index is 2550. The van der Waals surface area contributed by atoms with Gasteiger partial charge in [0.25, 0.3) is 0 Å². The molecule has 1 unspecified atom stereocenters. The molecule has 16 N–H and O–H groups in total. The van der Waals surface area contributed by atoms with Gasteiger partial charge in [0.2, 0.25) is 53.2 Å². The number of rotatable bonds is 18. The van der Waals surface area contributed by atoms with Gasteiger partial charge in [0.05, 0.1) is 6.33 Å². The summed E-state index contributed by atoms with van der Waals surface area (Å²) in [6.45, 7) is 2.98. The Morgan fingerprint density at radius 2 is 1.53 bits per heavy atom. The van der Waals surface area contributed by atoms with Crippen molar-refractivity contribution in [1.82, 2.24) is 57.5 Å². The number of unbranched alkanes of at least 4 members (excludes halogenated alkanes) is 1. The molecule has 5 rings (SSSR count). The van der Waals surface area contributed by atoms with E-state index in [1.807, 2.05) is 31.2 Å². The second-order valence-electron chi connectivity index (χ2n) is 17.4. The summed E-state index contributed by atoms with van der Waals surface area (Å²) in [6, 6.07) is 5.97. The molecule has 24 nitrogen and oxygen atoms in total. The van der Waals surface area contributed by atoms with Crippen molar-refractivity contribution in [2.24, 2.45) is 22.2 Å². The summed E-state index contributed by atoms with van der Waals surface area (Å²) in [6.07, 6.45) is 4.97. The van der Waals surface area contributed by atoms with Gasteiger partial charge in [0.1, 0.15) is 42.3 Å². The molecule has 9 amide bonds. The van der Waals surface area contributed by atoms with Crippen LogP contribution in [0.4, 0.5) is 0 Å². The predicted octanol–water partition coefficient (Wildman–Crippen LogP) is -1.51. The first-order valence-corrected chi connectivity index (χ1v) is 23.8. The molecule has 1 aliphatic heterocycles. The average Bonchev–Trinajstić information content (AvgIpc) is 4.03. The summed E-state index contributed by atoms with van der Waals surface area (Å²) in [5.41, 5.74) is 19.1. The summed E-state index contributed by atoms with van der Waals surface area (Å²) in [5, 5.41) is 22.2. The number of hydrogen-bond acceptors (Lipinski definition) is 11. The number of amides is 9. The van der Waals surface area contributed by atoms with Crippen molar-refractivity contribution in [1.29, 1.82) is 0 Å². The van der Waals surface area contributed by atoms with Gasteiger partial charge < -0.3 is 69.7 Å². The molecule has 386 valence electrons. The Hall–Kier alpha value is -8.31. The third-order valence-corrected chi connectivity index (χ3v) is 11.9. The van der Waals surface area contributed by atoms with Crippen LogP contribution in [0.25, 0.3) is 10.9 Å². The van der Waals surface area contributed by atoms with E-state index in [-0.39, 0.29) is 76.0 Å². The number of nitrogens with two attached hydrogens (primary N) is 3. The lowest BCUT2D eigenvalue weighted by Gasteiger charge is -2.28. The van der Waals surface area contributed by atoms with Crippen LogP contribution in [-0.2, 0) is 56.0 Å². The second kappa shape index (κ2) is 27.2. The first kappa shape index (κ1) is 54.6. The van der Waals surface area contributed by atoms with Crippen LogP contribution in [0.3, 0.4) is 0 Å². The number of carbonyl (C=O) groups is 9. The number of fused-ring (bicyclic) bond motifs is 1. The Labute approximate surface area is 415 Å². The molecule has 3 heterocycles. The normalized spacial score (nSPS) is 20.3. The molecule has 1 aliphatic rings. The van der Waals surface area contributed by atoms with Crippen LogP contribution in [0.1, 0.15) is 88.1 Å². The molecule has 24 heteroatoms. The van der Waals surface area contributed by atoms with Crippen LogP contribution < -0.4 is 59.7 Å². The Morgan fingerprint density at radius 3 is 2.22 bits per heavy atom. The predicted molar refractivity (Wildman–Crippen MR) is 264 cm³/mol. The number of para-hydroxylation sites is 1. The maximum atomic E-state index is 14.6. The van der Waals surface area contributed by atoms with Gasteiger partial charge in [-0.1, -0.05) is 68.3 Å². The zero-order valence-electron chi connectivity index (χ0n) is 40.3. The molecule has 4 aromatic rings. The fraction of sp³-hybridized carbons (Fsp3) is 0.438. The molecule has 1 fully saturated rings. The number of imidazole rings is 1. The topological polar surface area (TPSA) is 385 Å². The lowest BCUT2D eigenvalue weighted by molar-refractivity contribution is -0.136. The standard InChI is InChI=1S/C48H65N15O9/c1-3-4-14-33(57-27(2)64)42(67)58-35-17-18-39(65)53-21-19-36(45(70)61-37(41(49)66)22-29-24-55-32-15-9-8-13-31(29)32)59-43(68)34(16-10-20-54-48(50)51)60-47(72)40(28-11-6-5-7-12-28)63-46(71)38(62-44(35)69)23-30-25-52-26-56-30/h5-9,11-13,15,24-26,33-38,40,55H,3-4,10,14,16-23H2,1-2H3,(H2,49,66)(H,52,56)(H,53,65)(H,57,64)(H,58,67)(H,59,68)(H,60,72)(H,61,70)(H,62,69)(H,63,71)(H4,50,51,54)/t33-,34-,35-,36-,37-,38-,40?/m0/s1. The number of H-pyrrole nitrogens is 2. The van der Waals surface area contributed by atoms with E-state index in [0.29, 0.717) is 24.1 Å². The van der Waals surface area contributed by atoms with Crippen molar-refractivity contribution in [3.8, 4) is 0 Å². The quantitative estimate of drug-likeness (QED) is 0.0308. The van der Waals surface area contributed by atoms with Crippen LogP contribution >= 0.6 is 0 Å². The van der Waals surface area contributed by atoms with E-state index in [0.717, 1.165) is 10.9 Å². The number of aliphatic imine (C=N–C) groups is 1. The van der Waals surface area contributed by atoms with Gasteiger partial charge in [-0.25, -0.2) is 4.98 Å². The van der Waals surface area contributed by atoms with Crippen molar-refractivity contribution >= 4 is 70.0 Å². The van der Waals surface area contributed by atoms with Crippen LogP contribution in [0.15, 0.2) is 78.3 Å². The maximum Gasteiger partial charge on any atom is 0.247 e. The molecular formula is C48H65N15O9. The zero-order valence-corrected chi connectivity index (χ0v) is 40.3. The molecule has 7 atom stereocenters. The Kier molecular flexibility index (Phi) is 20.6. The SMILES string of the molecule is CCCC[C@H](NC(C)=O)C(=O)N[C@H]1CCC(=O)NCC[C@@H](C(=O)N[C@@H](Cc2c[nH]c3ccccc23)C(N)=O)NC(=O)[C@H](CCCN=C(N)N)NC(=O)C(c2ccccc2)NC(=O)[C@H](Cc2cnc[nH]2)NC1=O. The van der Waals surface area contributed by atoms with Crippen molar-refractivity contribution in [3.63, 3.8) is 0 Å². The fourth-order valence-electron chi connectivity index (χ4n) is 8.05. The van der Waals surface area contributed by atoms with Gasteiger partial charge in [-0.15, -0.1) is 0 Å². The van der Waals surface area contributed by atoms with E-state index < -0.39 is 95.5 Å². The molecule has 2 aromatic heterocycles. The third kappa shape index (κ3) is 16.7. The van der Waals surface area contributed by atoms with Crippen LogP contribution in [0.2, 0.25) is 0 Å². The largest absolute Gasteiger partial charge is 0.370 e. The first-order valence-electron chi connectivity index (χ1n) is 23.8. The molecule has 0 spiro atoms. The lowest BCUT2D eigenvalue weighted by atomic mass is 10.0. The van der Waals surface area contributed by atoms with Crippen LogP contribution in [0, 0.1) is 0 Å². The van der Waals surface area contributed by atoms with Crippen molar-refractivity contribution in [2.75, 3.05) is 13.1 Å². The van der Waals surface area contributed by atoms with Crippen LogP contribution in [-0.4, -0.2) is 123 Å². The molecule has 0 radical (unpaired) electrons. The molecule has 0 aliphatic carbocycles. The van der Waals surface area contributed by atoms with Crippen molar-refractivity contribution < 1.29 is 43.2 Å². The highest BCUT2D eigenvalue weighted by Crippen LogP contribution is 2.20. The van der Waals surface area contributed by atoms with Crippen molar-refractivity contribution in [3.05, 3.63) is 90.1 Å². The molecule has 72 heavy (non-hydrogen) atoms. The monoisotopic (exact) mass is 996 g/mol. The number of nitrogens with one attached hydrogen (secondary N) is 10. The third-order valence-electron chi connectivity index (χ3n) is 11.9. The van der Waals surface area contributed by atoms with Gasteiger partial charge in [0, 0.05) is 68.3 Å². The molecular weight excluding hydrogens is 931 g/mol.